The summed E-state index contributed by atoms with van der Waals surface area (Å²) in [4.78, 5) is 24.2. The van der Waals surface area contributed by atoms with Crippen LogP contribution in [0, 0.1) is 42.9 Å². The van der Waals surface area contributed by atoms with Gasteiger partial charge in [0.2, 0.25) is 29.1 Å². The first-order chi connectivity index (χ1) is 14.9. The fraction of sp³-hybridized carbons (Fsp3) is 0.238. The second-order valence-electron chi connectivity index (χ2n) is 6.97. The Kier molecular flexibility index (Phi) is 6.45. The summed E-state index contributed by atoms with van der Waals surface area (Å²) < 4.78 is 77.2. The fourth-order valence-electron chi connectivity index (χ4n) is 3.14. The Morgan fingerprint density at radius 2 is 1.62 bits per heavy atom. The lowest BCUT2D eigenvalue weighted by atomic mass is 10.0. The molecule has 1 atom stereocenters. The second kappa shape index (κ2) is 8.78. The molecule has 1 N–H and O–H groups in total. The quantitative estimate of drug-likeness (QED) is 0.248. The molecule has 0 saturated heterocycles. The zero-order valence-electron chi connectivity index (χ0n) is 16.8. The van der Waals surface area contributed by atoms with Crippen LogP contribution in [0.3, 0.4) is 0 Å². The molecule has 0 radical (unpaired) electrons. The van der Waals surface area contributed by atoms with Crippen molar-refractivity contribution in [3.05, 3.63) is 73.4 Å². The summed E-state index contributed by atoms with van der Waals surface area (Å²) in [5.74, 6) is -13.7. The number of rotatable bonds is 5. The summed E-state index contributed by atoms with van der Waals surface area (Å²) in [7, 11) is 0. The Bertz CT molecular complexity index is 1280. The molecule has 0 aliphatic rings. The Hall–Kier alpha value is -3.14. The van der Waals surface area contributed by atoms with Crippen molar-refractivity contribution < 1.29 is 35.9 Å². The first-order valence-corrected chi connectivity index (χ1v) is 9.50. The number of aryl methyl sites for hydroxylation is 2. The molecule has 3 aromatic rings. The maximum absolute atomic E-state index is 13.8. The van der Waals surface area contributed by atoms with Gasteiger partial charge in [0.1, 0.15) is 5.58 Å². The molecular formula is C21H15ClF5NO4. The van der Waals surface area contributed by atoms with Gasteiger partial charge in [-0.2, -0.15) is 8.78 Å². The van der Waals surface area contributed by atoms with Gasteiger partial charge in [0.25, 0.3) is 5.91 Å². The second-order valence-corrected chi connectivity index (χ2v) is 7.35. The van der Waals surface area contributed by atoms with Crippen LogP contribution in [0.15, 0.2) is 21.3 Å². The van der Waals surface area contributed by atoms with E-state index in [0.29, 0.717) is 27.1 Å². The largest absolute Gasteiger partial charge is 0.475 e. The van der Waals surface area contributed by atoms with Crippen LogP contribution in [0.25, 0.3) is 11.0 Å². The van der Waals surface area contributed by atoms with Crippen molar-refractivity contribution in [1.29, 1.82) is 0 Å². The zero-order chi connectivity index (χ0) is 23.9. The highest BCUT2D eigenvalue weighted by Crippen LogP contribution is 2.31. The lowest BCUT2D eigenvalue weighted by Crippen LogP contribution is -2.36. The Morgan fingerprint density at radius 1 is 1.06 bits per heavy atom. The summed E-state index contributed by atoms with van der Waals surface area (Å²) in [5, 5.41) is 3.30. The highest BCUT2D eigenvalue weighted by Gasteiger charge is 2.29. The van der Waals surface area contributed by atoms with Gasteiger partial charge >= 0.3 is 5.63 Å². The van der Waals surface area contributed by atoms with E-state index in [1.165, 1.54) is 0 Å². The SMILES string of the molecule is Cc1cc2oc(=O)cc(CNC(=O)C(C)Oc3c(F)c(F)c(F)c(F)c3F)c2c(C)c1Cl. The van der Waals surface area contributed by atoms with Crippen LogP contribution in [-0.4, -0.2) is 12.0 Å². The molecule has 1 aromatic heterocycles. The minimum Gasteiger partial charge on any atom is -0.475 e. The normalized spacial score (nSPS) is 12.2. The third-order valence-electron chi connectivity index (χ3n) is 4.75. The van der Waals surface area contributed by atoms with Crippen LogP contribution >= 0.6 is 11.6 Å². The number of halogens is 6. The lowest BCUT2D eigenvalue weighted by Gasteiger charge is -2.17. The number of fused-ring (bicyclic) bond motifs is 1. The molecule has 170 valence electrons. The van der Waals surface area contributed by atoms with Crippen molar-refractivity contribution in [1.82, 2.24) is 5.32 Å². The first kappa shape index (κ1) is 23.5. The van der Waals surface area contributed by atoms with Crippen molar-refractivity contribution >= 4 is 28.5 Å². The van der Waals surface area contributed by atoms with Crippen LogP contribution in [0.4, 0.5) is 22.0 Å². The van der Waals surface area contributed by atoms with Gasteiger partial charge in [-0.15, -0.1) is 0 Å². The predicted octanol–water partition coefficient (Wildman–Crippen LogP) is 4.84. The molecule has 0 bridgehead atoms. The molecular weight excluding hydrogens is 461 g/mol. The number of nitrogens with one attached hydrogen (secondary N) is 1. The number of hydrogen-bond donors (Lipinski definition) is 1. The van der Waals surface area contributed by atoms with E-state index >= 15 is 0 Å². The van der Waals surface area contributed by atoms with Gasteiger partial charge in [-0.25, -0.2) is 18.0 Å². The van der Waals surface area contributed by atoms with Crippen LogP contribution < -0.4 is 15.7 Å². The van der Waals surface area contributed by atoms with E-state index in [0.717, 1.165) is 13.0 Å². The number of ether oxygens (including phenoxy) is 1. The van der Waals surface area contributed by atoms with Crippen molar-refractivity contribution in [2.45, 2.75) is 33.4 Å². The van der Waals surface area contributed by atoms with Gasteiger partial charge in [0.15, 0.2) is 11.9 Å². The smallest absolute Gasteiger partial charge is 0.336 e. The van der Waals surface area contributed by atoms with E-state index in [2.05, 4.69) is 5.32 Å². The Balaban J connectivity index is 1.85. The zero-order valence-corrected chi connectivity index (χ0v) is 17.6. The molecule has 1 amide bonds. The minimum atomic E-state index is -2.34. The topological polar surface area (TPSA) is 68.5 Å². The van der Waals surface area contributed by atoms with Crippen molar-refractivity contribution in [2.75, 3.05) is 0 Å². The highest BCUT2D eigenvalue weighted by molar-refractivity contribution is 6.33. The molecule has 0 aliphatic carbocycles. The molecule has 2 aromatic carbocycles. The van der Waals surface area contributed by atoms with Crippen LogP contribution in [0.2, 0.25) is 5.02 Å². The van der Waals surface area contributed by atoms with E-state index in [-0.39, 0.29) is 12.1 Å². The van der Waals surface area contributed by atoms with Gasteiger partial charge in [0.05, 0.1) is 0 Å². The van der Waals surface area contributed by atoms with Crippen molar-refractivity contribution in [3.8, 4) is 5.75 Å². The van der Waals surface area contributed by atoms with E-state index < -0.39 is 52.5 Å². The monoisotopic (exact) mass is 475 g/mol. The summed E-state index contributed by atoms with van der Waals surface area (Å²) >= 11 is 6.25. The van der Waals surface area contributed by atoms with Crippen molar-refractivity contribution in [2.24, 2.45) is 0 Å². The Labute approximate surface area is 182 Å². The molecule has 0 spiro atoms. The highest BCUT2D eigenvalue weighted by atomic mass is 35.5. The van der Waals surface area contributed by atoms with Gasteiger partial charge < -0.3 is 14.5 Å². The number of amides is 1. The molecule has 1 unspecified atom stereocenters. The number of benzene rings is 2. The van der Waals surface area contributed by atoms with E-state index in [1.807, 2.05) is 0 Å². The first-order valence-electron chi connectivity index (χ1n) is 9.12. The molecule has 11 heteroatoms. The maximum Gasteiger partial charge on any atom is 0.336 e. The van der Waals surface area contributed by atoms with E-state index in [4.69, 9.17) is 20.8 Å². The Morgan fingerprint density at radius 3 is 2.22 bits per heavy atom. The molecule has 0 aliphatic heterocycles. The molecule has 3 rings (SSSR count). The summed E-state index contributed by atoms with van der Waals surface area (Å²) in [5.41, 5.74) is 1.17. The minimum absolute atomic E-state index is 0.230. The third kappa shape index (κ3) is 4.14. The average Bonchev–Trinajstić information content (AvgIpc) is 2.75. The van der Waals surface area contributed by atoms with Gasteiger partial charge in [-0.3, -0.25) is 4.79 Å². The van der Waals surface area contributed by atoms with Crippen LogP contribution in [0.1, 0.15) is 23.6 Å². The van der Waals surface area contributed by atoms with Gasteiger partial charge in [-0.1, -0.05) is 11.6 Å². The lowest BCUT2D eigenvalue weighted by molar-refractivity contribution is -0.127. The van der Waals surface area contributed by atoms with E-state index in [9.17, 15) is 31.5 Å². The maximum atomic E-state index is 13.8. The van der Waals surface area contributed by atoms with Crippen LogP contribution in [0.5, 0.6) is 5.75 Å². The summed E-state index contributed by atoms with van der Waals surface area (Å²) in [6, 6.07) is 2.70. The average molecular weight is 476 g/mol. The molecule has 0 fully saturated rings. The molecule has 5 nitrogen and oxygen atoms in total. The number of carbonyl (C=O) groups is 1. The molecule has 32 heavy (non-hydrogen) atoms. The van der Waals surface area contributed by atoms with Gasteiger partial charge in [0, 0.05) is 23.0 Å². The predicted molar refractivity (Wildman–Crippen MR) is 105 cm³/mol. The molecule has 0 saturated carbocycles. The fourth-order valence-corrected chi connectivity index (χ4v) is 3.29. The molecule has 1 heterocycles. The third-order valence-corrected chi connectivity index (χ3v) is 5.34. The van der Waals surface area contributed by atoms with Crippen molar-refractivity contribution in [3.63, 3.8) is 0 Å². The van der Waals surface area contributed by atoms with Crippen LogP contribution in [-0.2, 0) is 11.3 Å². The summed E-state index contributed by atoms with van der Waals surface area (Å²) in [6.45, 7) is 4.24. The van der Waals surface area contributed by atoms with E-state index in [1.54, 1.807) is 19.9 Å². The number of carbonyl (C=O) groups excluding carboxylic acids is 1. The number of hydrogen-bond acceptors (Lipinski definition) is 4. The standard InChI is InChI=1S/C21H15ClF5NO4/c1-7-4-11-13(8(2)14(7)22)10(5-12(29)32-11)6-28-21(30)9(3)31-20-18(26)16(24)15(23)17(25)19(20)27/h4-5,9H,6H2,1-3H3,(H,28,30). The summed E-state index contributed by atoms with van der Waals surface area (Å²) in [6.07, 6.45) is -1.64. The van der Waals surface area contributed by atoms with Gasteiger partial charge in [-0.05, 0) is 43.5 Å².